The summed E-state index contributed by atoms with van der Waals surface area (Å²) in [7, 11) is 0. The monoisotopic (exact) mass is 264 g/mol. The molecule has 2 heteroatoms. The van der Waals surface area contributed by atoms with E-state index in [1.165, 1.54) is 25.7 Å². The van der Waals surface area contributed by atoms with E-state index in [1.54, 1.807) is 0 Å². The molecule has 2 aliphatic carbocycles. The summed E-state index contributed by atoms with van der Waals surface area (Å²) in [5, 5.41) is 0. The summed E-state index contributed by atoms with van der Waals surface area (Å²) in [6, 6.07) is 0. The van der Waals surface area contributed by atoms with Crippen molar-refractivity contribution < 1.29 is 9.53 Å². The minimum absolute atomic E-state index is 0.0240. The maximum Gasteiger partial charge on any atom is 0.306 e. The van der Waals surface area contributed by atoms with Crippen molar-refractivity contribution in [3.63, 3.8) is 0 Å². The third kappa shape index (κ3) is 1.86. The quantitative estimate of drug-likeness (QED) is 0.609. The number of rotatable bonds is 0. The molecule has 0 spiro atoms. The normalized spacial score (nSPS) is 48.9. The molecule has 0 amide bonds. The van der Waals surface area contributed by atoms with Crippen molar-refractivity contribution in [1.82, 2.24) is 0 Å². The molecule has 1 heterocycles. The first-order valence-corrected chi connectivity index (χ1v) is 8.00. The van der Waals surface area contributed by atoms with Crippen LogP contribution in [0.25, 0.3) is 0 Å². The van der Waals surface area contributed by atoms with Crippen LogP contribution in [0, 0.1) is 22.7 Å². The molecule has 4 atom stereocenters. The highest BCUT2D eigenvalue weighted by Gasteiger charge is 2.60. The van der Waals surface area contributed by atoms with Crippen molar-refractivity contribution in [2.45, 2.75) is 78.2 Å². The van der Waals surface area contributed by atoms with Gasteiger partial charge in [0.2, 0.25) is 0 Å². The van der Waals surface area contributed by atoms with Crippen molar-refractivity contribution in [2.24, 2.45) is 22.7 Å². The molecule has 0 aromatic carbocycles. The number of carbonyl (C=O) groups excluding carboxylic acids is 1. The van der Waals surface area contributed by atoms with Crippen molar-refractivity contribution in [3.8, 4) is 0 Å². The van der Waals surface area contributed by atoms with E-state index >= 15 is 0 Å². The van der Waals surface area contributed by atoms with Crippen LogP contribution in [-0.4, -0.2) is 11.6 Å². The summed E-state index contributed by atoms with van der Waals surface area (Å²) < 4.78 is 5.82. The van der Waals surface area contributed by atoms with E-state index in [0.717, 1.165) is 18.8 Å². The Kier molecular flexibility index (Phi) is 2.82. The minimum atomic E-state index is -0.187. The molecule has 0 N–H and O–H groups in total. The standard InChI is InChI=1S/C17H28O2/c1-15(2)9-5-10-16(3)12(15)8-11-17(4)13(16)6-7-14(18)19-17/h12-13H,5-11H2,1-4H3/t12-,13+,16-,17-/m0/s1. The molecule has 3 rings (SSSR count). The lowest BCUT2D eigenvalue weighted by atomic mass is 9.45. The van der Waals surface area contributed by atoms with Crippen LogP contribution in [0.4, 0.5) is 0 Å². The Labute approximate surface area is 117 Å². The number of hydrogen-bond donors (Lipinski definition) is 0. The number of hydrogen-bond acceptors (Lipinski definition) is 2. The molecule has 3 fully saturated rings. The average Bonchev–Trinajstić information content (AvgIpc) is 2.25. The summed E-state index contributed by atoms with van der Waals surface area (Å²) in [6.07, 6.45) is 7.97. The summed E-state index contributed by atoms with van der Waals surface area (Å²) in [5.74, 6) is 1.38. The molecular formula is C17H28O2. The largest absolute Gasteiger partial charge is 0.459 e. The Morgan fingerprint density at radius 2 is 1.74 bits per heavy atom. The lowest BCUT2D eigenvalue weighted by Gasteiger charge is -2.62. The molecule has 0 aromatic rings. The molecule has 0 radical (unpaired) electrons. The zero-order valence-electron chi connectivity index (χ0n) is 12.9. The Morgan fingerprint density at radius 3 is 2.47 bits per heavy atom. The van der Waals surface area contributed by atoms with Gasteiger partial charge in [-0.3, -0.25) is 4.79 Å². The van der Waals surface area contributed by atoms with Crippen molar-refractivity contribution >= 4 is 5.97 Å². The lowest BCUT2D eigenvalue weighted by molar-refractivity contribution is -0.215. The smallest absolute Gasteiger partial charge is 0.306 e. The van der Waals surface area contributed by atoms with Crippen molar-refractivity contribution in [3.05, 3.63) is 0 Å². The molecule has 0 unspecified atom stereocenters. The molecule has 0 aromatic heterocycles. The third-order valence-corrected chi connectivity index (χ3v) is 6.72. The van der Waals surface area contributed by atoms with Crippen LogP contribution in [0.1, 0.15) is 72.6 Å². The van der Waals surface area contributed by atoms with E-state index in [9.17, 15) is 4.79 Å². The topological polar surface area (TPSA) is 26.3 Å². The van der Waals surface area contributed by atoms with Gasteiger partial charge in [-0.05, 0) is 55.8 Å². The second-order valence-corrected chi connectivity index (χ2v) is 8.32. The van der Waals surface area contributed by atoms with Crippen LogP contribution < -0.4 is 0 Å². The number of fused-ring (bicyclic) bond motifs is 3. The van der Waals surface area contributed by atoms with Crippen LogP contribution in [0.5, 0.6) is 0 Å². The van der Waals surface area contributed by atoms with Gasteiger partial charge in [0.1, 0.15) is 5.60 Å². The van der Waals surface area contributed by atoms with Gasteiger partial charge in [-0.25, -0.2) is 0 Å². The van der Waals surface area contributed by atoms with Crippen LogP contribution in [0.15, 0.2) is 0 Å². The first-order valence-electron chi connectivity index (χ1n) is 8.00. The van der Waals surface area contributed by atoms with E-state index in [4.69, 9.17) is 4.74 Å². The fourth-order valence-electron chi connectivity index (χ4n) is 5.94. The second kappa shape index (κ2) is 3.99. The number of ether oxygens (including phenoxy) is 1. The van der Waals surface area contributed by atoms with Gasteiger partial charge in [-0.15, -0.1) is 0 Å². The molecule has 108 valence electrons. The molecule has 2 nitrogen and oxygen atoms in total. The number of esters is 1. The minimum Gasteiger partial charge on any atom is -0.459 e. The maximum atomic E-state index is 11.7. The zero-order valence-corrected chi connectivity index (χ0v) is 12.9. The highest BCUT2D eigenvalue weighted by molar-refractivity contribution is 5.71. The molecule has 1 aliphatic heterocycles. The van der Waals surface area contributed by atoms with Gasteiger partial charge in [0.15, 0.2) is 0 Å². The summed E-state index contributed by atoms with van der Waals surface area (Å²) in [6.45, 7) is 9.58. The van der Waals surface area contributed by atoms with Crippen LogP contribution >= 0.6 is 0 Å². The highest BCUT2D eigenvalue weighted by Crippen LogP contribution is 2.64. The fourth-order valence-corrected chi connectivity index (χ4v) is 5.94. The number of carbonyl (C=O) groups is 1. The molecule has 2 saturated carbocycles. The van der Waals surface area contributed by atoms with E-state index in [1.807, 2.05) is 0 Å². The van der Waals surface area contributed by atoms with Gasteiger partial charge in [-0.1, -0.05) is 27.2 Å². The highest BCUT2D eigenvalue weighted by atomic mass is 16.6. The predicted molar refractivity (Wildman–Crippen MR) is 75.7 cm³/mol. The fraction of sp³-hybridized carbons (Fsp3) is 0.941. The molecule has 3 aliphatic rings. The van der Waals surface area contributed by atoms with Gasteiger partial charge in [0.05, 0.1) is 0 Å². The second-order valence-electron chi connectivity index (χ2n) is 8.32. The zero-order chi connectivity index (χ0) is 13.9. The van der Waals surface area contributed by atoms with Gasteiger partial charge in [0, 0.05) is 12.3 Å². The van der Waals surface area contributed by atoms with Crippen LogP contribution in [-0.2, 0) is 9.53 Å². The Bertz CT molecular complexity index is 400. The van der Waals surface area contributed by atoms with Gasteiger partial charge in [-0.2, -0.15) is 0 Å². The summed E-state index contributed by atoms with van der Waals surface area (Å²) in [5.41, 5.74) is 0.638. The maximum absolute atomic E-state index is 11.7. The Hall–Kier alpha value is -0.530. The van der Waals surface area contributed by atoms with E-state index < -0.39 is 0 Å². The Morgan fingerprint density at radius 1 is 1.00 bits per heavy atom. The van der Waals surface area contributed by atoms with E-state index in [2.05, 4.69) is 27.7 Å². The summed E-state index contributed by atoms with van der Waals surface area (Å²) in [4.78, 5) is 11.7. The van der Waals surface area contributed by atoms with Gasteiger partial charge in [0.25, 0.3) is 0 Å². The van der Waals surface area contributed by atoms with Crippen LogP contribution in [0.3, 0.4) is 0 Å². The Balaban J connectivity index is 1.97. The predicted octanol–water partition coefficient (Wildman–Crippen LogP) is 4.32. The van der Waals surface area contributed by atoms with Gasteiger partial charge >= 0.3 is 5.97 Å². The van der Waals surface area contributed by atoms with E-state index in [0.29, 0.717) is 23.2 Å². The van der Waals surface area contributed by atoms with Gasteiger partial charge < -0.3 is 4.74 Å². The van der Waals surface area contributed by atoms with E-state index in [-0.39, 0.29) is 11.6 Å². The molecule has 0 bridgehead atoms. The lowest BCUT2D eigenvalue weighted by Crippen LogP contribution is -2.60. The van der Waals surface area contributed by atoms with Crippen molar-refractivity contribution in [1.29, 1.82) is 0 Å². The first kappa shape index (κ1) is 13.5. The summed E-state index contributed by atoms with van der Waals surface area (Å²) >= 11 is 0. The molecular weight excluding hydrogens is 236 g/mol. The third-order valence-electron chi connectivity index (χ3n) is 6.72. The SMILES string of the molecule is CC1(C)CCC[C@]2(C)[C@H]3CCC(=O)O[C@@]3(C)CC[C@@H]12. The molecule has 1 saturated heterocycles. The molecule has 19 heavy (non-hydrogen) atoms. The van der Waals surface area contributed by atoms with Crippen molar-refractivity contribution in [2.75, 3.05) is 0 Å². The average molecular weight is 264 g/mol. The van der Waals surface area contributed by atoms with Crippen LogP contribution in [0.2, 0.25) is 0 Å². The first-order chi connectivity index (χ1) is 8.78.